The lowest BCUT2D eigenvalue weighted by molar-refractivity contribution is 0.0523. The van der Waals surface area contributed by atoms with E-state index in [4.69, 9.17) is 10.3 Å². The van der Waals surface area contributed by atoms with E-state index in [0.29, 0.717) is 18.8 Å². The maximum Gasteiger partial charge on any atom is 0.276 e. The summed E-state index contributed by atoms with van der Waals surface area (Å²) in [6.07, 6.45) is 0.822. The maximum absolute atomic E-state index is 12.5. The predicted molar refractivity (Wildman–Crippen MR) is 84.7 cm³/mol. The Hall–Kier alpha value is -1.07. The summed E-state index contributed by atoms with van der Waals surface area (Å²) in [6.45, 7) is 11.6. The molecule has 0 aliphatic carbocycles. The Bertz CT molecular complexity index is 505. The zero-order valence-electron chi connectivity index (χ0n) is 13.5. The molecule has 5 nitrogen and oxygen atoms in total. The number of carbonyl (C=O) groups is 1. The van der Waals surface area contributed by atoms with E-state index in [1.54, 1.807) is 6.07 Å². The summed E-state index contributed by atoms with van der Waals surface area (Å²) < 4.78 is 5.29. The van der Waals surface area contributed by atoms with Crippen LogP contribution >= 0.6 is 12.4 Å². The van der Waals surface area contributed by atoms with Crippen molar-refractivity contribution >= 4 is 18.3 Å². The van der Waals surface area contributed by atoms with E-state index in [-0.39, 0.29) is 35.2 Å². The third-order valence-corrected chi connectivity index (χ3v) is 4.07. The fraction of sp³-hybridized carbons (Fsp3) is 0.733. The third-order valence-electron chi connectivity index (χ3n) is 4.07. The molecule has 1 aliphatic rings. The Kier molecular flexibility index (Phi) is 5.11. The summed E-state index contributed by atoms with van der Waals surface area (Å²) in [4.78, 5) is 14.3. The zero-order chi connectivity index (χ0) is 15.1. The fourth-order valence-electron chi connectivity index (χ4n) is 2.44. The molecule has 1 amide bonds. The minimum atomic E-state index is -0.144. The van der Waals surface area contributed by atoms with E-state index in [9.17, 15) is 4.79 Å². The summed E-state index contributed by atoms with van der Waals surface area (Å²) in [5.41, 5.74) is 6.28. The molecule has 0 radical (unpaired) electrons. The van der Waals surface area contributed by atoms with Gasteiger partial charge in [-0.25, -0.2) is 0 Å². The van der Waals surface area contributed by atoms with Crippen LogP contribution in [0.1, 0.15) is 57.3 Å². The van der Waals surface area contributed by atoms with Gasteiger partial charge < -0.3 is 15.2 Å². The van der Waals surface area contributed by atoms with Gasteiger partial charge in [-0.2, -0.15) is 0 Å². The highest BCUT2D eigenvalue weighted by molar-refractivity contribution is 5.92. The largest absolute Gasteiger partial charge is 0.360 e. The predicted octanol–water partition coefficient (Wildman–Crippen LogP) is 2.59. The van der Waals surface area contributed by atoms with Gasteiger partial charge in [0.25, 0.3) is 5.91 Å². The molecule has 6 heteroatoms. The molecule has 0 aromatic carbocycles. The van der Waals surface area contributed by atoms with Crippen molar-refractivity contribution in [1.29, 1.82) is 0 Å². The van der Waals surface area contributed by atoms with Crippen LogP contribution in [-0.2, 0) is 5.41 Å². The van der Waals surface area contributed by atoms with Crippen LogP contribution in [0.25, 0.3) is 0 Å². The van der Waals surface area contributed by atoms with E-state index >= 15 is 0 Å². The van der Waals surface area contributed by atoms with Crippen LogP contribution in [0, 0.1) is 5.41 Å². The third kappa shape index (κ3) is 3.77. The van der Waals surface area contributed by atoms with Crippen LogP contribution < -0.4 is 5.73 Å². The first-order valence-electron chi connectivity index (χ1n) is 7.13. The Labute approximate surface area is 132 Å². The van der Waals surface area contributed by atoms with Gasteiger partial charge >= 0.3 is 0 Å². The number of hydrogen-bond donors (Lipinski definition) is 1. The topological polar surface area (TPSA) is 72.4 Å². The number of aromatic nitrogens is 1. The lowest BCUT2D eigenvalue weighted by Gasteiger charge is -2.42. The minimum absolute atomic E-state index is 0. The van der Waals surface area contributed by atoms with Crippen LogP contribution in [0.4, 0.5) is 0 Å². The second-order valence-corrected chi connectivity index (χ2v) is 7.44. The molecule has 1 fully saturated rings. The molecule has 1 aromatic heterocycles. The minimum Gasteiger partial charge on any atom is -0.360 e. The summed E-state index contributed by atoms with van der Waals surface area (Å²) in [6, 6.07) is 1.89. The Morgan fingerprint density at radius 2 is 2.10 bits per heavy atom. The van der Waals surface area contributed by atoms with Crippen molar-refractivity contribution in [2.45, 2.75) is 52.5 Å². The van der Waals surface area contributed by atoms with Gasteiger partial charge in [-0.3, -0.25) is 4.79 Å². The molecule has 1 aromatic rings. The molecular weight excluding hydrogens is 290 g/mol. The van der Waals surface area contributed by atoms with Gasteiger partial charge in [-0.05, 0) is 11.8 Å². The van der Waals surface area contributed by atoms with Crippen LogP contribution in [0.5, 0.6) is 0 Å². The van der Waals surface area contributed by atoms with Crippen molar-refractivity contribution in [2.75, 3.05) is 13.1 Å². The number of piperidine rings is 1. The van der Waals surface area contributed by atoms with Crippen molar-refractivity contribution in [3.8, 4) is 0 Å². The van der Waals surface area contributed by atoms with E-state index < -0.39 is 0 Å². The van der Waals surface area contributed by atoms with Crippen molar-refractivity contribution in [3.05, 3.63) is 17.5 Å². The first-order valence-corrected chi connectivity index (χ1v) is 7.13. The normalized spacial score (nSPS) is 21.8. The number of likely N-dealkylation sites (tertiary alicyclic amines) is 1. The molecule has 0 bridgehead atoms. The lowest BCUT2D eigenvalue weighted by atomic mass is 9.79. The molecule has 1 saturated heterocycles. The molecule has 0 spiro atoms. The molecule has 21 heavy (non-hydrogen) atoms. The Balaban J connectivity index is 0.00000220. The van der Waals surface area contributed by atoms with Crippen LogP contribution in [0.2, 0.25) is 0 Å². The van der Waals surface area contributed by atoms with Gasteiger partial charge in [-0.1, -0.05) is 39.8 Å². The highest BCUT2D eigenvalue weighted by atomic mass is 35.5. The molecule has 2 N–H and O–H groups in total. The van der Waals surface area contributed by atoms with Gasteiger partial charge in [0.1, 0.15) is 5.76 Å². The summed E-state index contributed by atoms with van der Waals surface area (Å²) >= 11 is 0. The lowest BCUT2D eigenvalue weighted by Crippen LogP contribution is -2.54. The summed E-state index contributed by atoms with van der Waals surface area (Å²) in [5.74, 6) is 0.665. The van der Waals surface area contributed by atoms with Crippen molar-refractivity contribution < 1.29 is 9.32 Å². The van der Waals surface area contributed by atoms with Crippen molar-refractivity contribution in [1.82, 2.24) is 10.1 Å². The Morgan fingerprint density at radius 1 is 1.48 bits per heavy atom. The van der Waals surface area contributed by atoms with Crippen LogP contribution in [0.3, 0.4) is 0 Å². The number of hydrogen-bond acceptors (Lipinski definition) is 4. The van der Waals surface area contributed by atoms with Gasteiger partial charge in [0, 0.05) is 30.6 Å². The SMILES string of the molecule is CC(C)(C)c1cc(C(=O)N2CCC(N)C(C)(C)C2)no1.Cl. The number of amides is 1. The molecule has 2 rings (SSSR count). The number of nitrogens with zero attached hydrogens (tertiary/aromatic N) is 2. The average Bonchev–Trinajstić information content (AvgIpc) is 2.80. The van der Waals surface area contributed by atoms with Crippen molar-refractivity contribution in [2.24, 2.45) is 11.1 Å². The van der Waals surface area contributed by atoms with E-state index in [2.05, 4.69) is 19.0 Å². The number of nitrogens with two attached hydrogens (primary N) is 1. The van der Waals surface area contributed by atoms with E-state index in [1.165, 1.54) is 0 Å². The molecule has 1 atom stereocenters. The van der Waals surface area contributed by atoms with Gasteiger partial charge in [-0.15, -0.1) is 12.4 Å². The monoisotopic (exact) mass is 315 g/mol. The number of halogens is 1. The first kappa shape index (κ1) is 18.0. The summed E-state index contributed by atoms with van der Waals surface area (Å²) in [5, 5.41) is 3.93. The highest BCUT2D eigenvalue weighted by Crippen LogP contribution is 2.29. The van der Waals surface area contributed by atoms with E-state index in [0.717, 1.165) is 12.2 Å². The average molecular weight is 316 g/mol. The Morgan fingerprint density at radius 3 is 2.57 bits per heavy atom. The van der Waals surface area contributed by atoms with Crippen LogP contribution in [0.15, 0.2) is 10.6 Å². The molecule has 0 saturated carbocycles. The van der Waals surface area contributed by atoms with Gasteiger partial charge in [0.2, 0.25) is 0 Å². The summed E-state index contributed by atoms with van der Waals surface area (Å²) in [7, 11) is 0. The van der Waals surface area contributed by atoms with E-state index in [1.807, 2.05) is 25.7 Å². The number of carbonyl (C=O) groups excluding carboxylic acids is 1. The first-order chi connectivity index (χ1) is 9.11. The number of rotatable bonds is 1. The van der Waals surface area contributed by atoms with Crippen molar-refractivity contribution in [3.63, 3.8) is 0 Å². The molecule has 2 heterocycles. The standard InChI is InChI=1S/C15H25N3O2.ClH/c1-14(2,3)12-8-10(17-20-12)13(19)18-7-6-11(16)15(4,5)9-18;/h8,11H,6-7,9,16H2,1-5H3;1H. The highest BCUT2D eigenvalue weighted by Gasteiger charge is 2.36. The zero-order valence-corrected chi connectivity index (χ0v) is 14.3. The van der Waals surface area contributed by atoms with Gasteiger partial charge in [0.15, 0.2) is 5.69 Å². The second kappa shape index (κ2) is 5.97. The maximum atomic E-state index is 12.5. The smallest absolute Gasteiger partial charge is 0.276 e. The molecular formula is C15H26ClN3O2. The molecule has 1 unspecified atom stereocenters. The quantitative estimate of drug-likeness (QED) is 0.864. The van der Waals surface area contributed by atoms with Crippen LogP contribution in [-0.4, -0.2) is 35.1 Å². The molecule has 120 valence electrons. The second-order valence-electron chi connectivity index (χ2n) is 7.44. The fourth-order valence-corrected chi connectivity index (χ4v) is 2.44. The molecule has 1 aliphatic heterocycles. The van der Waals surface area contributed by atoms with Gasteiger partial charge in [0.05, 0.1) is 0 Å².